The van der Waals surface area contributed by atoms with Crippen LogP contribution in [-0.2, 0) is 25.5 Å². The molecular formula is C21H30N2O5. The van der Waals surface area contributed by atoms with E-state index in [9.17, 15) is 14.4 Å². The number of benzene rings is 1. The highest BCUT2D eigenvalue weighted by molar-refractivity contribution is 6.03. The number of aryl methyl sites for hydroxylation is 1. The smallest absolute Gasteiger partial charge is 0.408 e. The zero-order chi connectivity index (χ0) is 21.1. The second kappa shape index (κ2) is 8.20. The van der Waals surface area contributed by atoms with Gasteiger partial charge in [-0.15, -0.1) is 0 Å². The molecule has 1 aromatic carbocycles. The van der Waals surface area contributed by atoms with Gasteiger partial charge in [-0.25, -0.2) is 4.79 Å². The Kier molecular flexibility index (Phi) is 6.37. The van der Waals surface area contributed by atoms with E-state index in [-0.39, 0.29) is 12.5 Å². The van der Waals surface area contributed by atoms with Crippen LogP contribution in [0.5, 0.6) is 0 Å². The zero-order valence-corrected chi connectivity index (χ0v) is 17.5. The van der Waals surface area contributed by atoms with Crippen LogP contribution in [0, 0.1) is 0 Å². The fraction of sp³-hybridized carbons (Fsp3) is 0.571. The van der Waals surface area contributed by atoms with E-state index >= 15 is 0 Å². The zero-order valence-electron chi connectivity index (χ0n) is 17.5. The molecule has 1 aliphatic rings. The number of rotatable bonds is 3. The number of alkyl carbamates (subject to hydrolysis) is 1. The van der Waals surface area contributed by atoms with E-state index in [4.69, 9.17) is 9.47 Å². The lowest BCUT2D eigenvalue weighted by Crippen LogP contribution is -2.50. The number of carbonyl (C=O) groups is 3. The molecule has 7 nitrogen and oxygen atoms in total. The highest BCUT2D eigenvalue weighted by atomic mass is 16.6. The molecule has 0 fully saturated rings. The molecule has 0 saturated carbocycles. The fourth-order valence-corrected chi connectivity index (χ4v) is 2.97. The van der Waals surface area contributed by atoms with Crippen LogP contribution >= 0.6 is 0 Å². The summed E-state index contributed by atoms with van der Waals surface area (Å²) in [6, 6.07) is 6.63. The van der Waals surface area contributed by atoms with Crippen molar-refractivity contribution in [3.8, 4) is 0 Å². The number of ether oxygens (including phenoxy) is 2. The normalized spacial score (nSPS) is 17.4. The predicted octanol–water partition coefficient (Wildman–Crippen LogP) is 3.20. The van der Waals surface area contributed by atoms with Gasteiger partial charge in [-0.1, -0.05) is 18.2 Å². The third-order valence-corrected chi connectivity index (χ3v) is 3.95. The summed E-state index contributed by atoms with van der Waals surface area (Å²) >= 11 is 0. The Morgan fingerprint density at radius 3 is 2.29 bits per heavy atom. The maximum atomic E-state index is 13.2. The standard InChI is InChI=1S/C21H30N2O5/c1-20(2,3)27-17(24)13-23-16-10-8-7-9-14(16)11-12-15(18(23)25)22-19(26)28-21(4,5)6/h7-10,15H,11-13H2,1-6H3,(H,22,26). The first-order valence-electron chi connectivity index (χ1n) is 9.46. The van der Waals surface area contributed by atoms with Gasteiger partial charge < -0.3 is 14.8 Å². The van der Waals surface area contributed by atoms with Crippen molar-refractivity contribution in [1.82, 2.24) is 5.32 Å². The summed E-state index contributed by atoms with van der Waals surface area (Å²) in [5.41, 5.74) is 0.274. The molecule has 1 heterocycles. The van der Waals surface area contributed by atoms with Crippen molar-refractivity contribution in [1.29, 1.82) is 0 Å². The van der Waals surface area contributed by atoms with Gasteiger partial charge in [-0.05, 0) is 66.0 Å². The predicted molar refractivity (Wildman–Crippen MR) is 106 cm³/mol. The molecule has 0 radical (unpaired) electrons. The number of nitrogens with zero attached hydrogens (tertiary/aromatic N) is 1. The van der Waals surface area contributed by atoms with Gasteiger partial charge in [0.2, 0.25) is 5.91 Å². The monoisotopic (exact) mass is 390 g/mol. The summed E-state index contributed by atoms with van der Waals surface area (Å²) in [6.45, 7) is 10.4. The molecule has 2 amide bonds. The van der Waals surface area contributed by atoms with Gasteiger partial charge >= 0.3 is 12.1 Å². The van der Waals surface area contributed by atoms with Crippen LogP contribution < -0.4 is 10.2 Å². The minimum absolute atomic E-state index is 0.223. The maximum absolute atomic E-state index is 13.2. The highest BCUT2D eigenvalue weighted by Gasteiger charge is 2.34. The molecule has 0 saturated heterocycles. The molecule has 0 aliphatic carbocycles. The van der Waals surface area contributed by atoms with E-state index < -0.39 is 29.3 Å². The van der Waals surface area contributed by atoms with Crippen LogP contribution in [0.3, 0.4) is 0 Å². The Morgan fingerprint density at radius 2 is 1.68 bits per heavy atom. The number of nitrogens with one attached hydrogen (secondary N) is 1. The maximum Gasteiger partial charge on any atom is 0.408 e. The number of para-hydroxylation sites is 1. The van der Waals surface area contributed by atoms with Gasteiger partial charge in [0.25, 0.3) is 0 Å². The molecule has 154 valence electrons. The Morgan fingerprint density at radius 1 is 1.07 bits per heavy atom. The molecular weight excluding hydrogens is 360 g/mol. The molecule has 1 aromatic rings. The average molecular weight is 390 g/mol. The van der Waals surface area contributed by atoms with Crippen molar-refractivity contribution < 1.29 is 23.9 Å². The number of hydrogen-bond acceptors (Lipinski definition) is 5. The second-order valence-corrected chi connectivity index (χ2v) is 8.88. The SMILES string of the molecule is CC(C)(C)OC(=O)CN1C(=O)C(NC(=O)OC(C)(C)C)CCc2ccccc21. The second-order valence-electron chi connectivity index (χ2n) is 8.88. The molecule has 1 aliphatic heterocycles. The molecule has 1 atom stereocenters. The number of anilines is 1. The minimum atomic E-state index is -0.787. The number of amides is 2. The number of fused-ring (bicyclic) bond motifs is 1. The van der Waals surface area contributed by atoms with Crippen molar-refractivity contribution >= 4 is 23.7 Å². The van der Waals surface area contributed by atoms with Crippen LogP contribution in [0.1, 0.15) is 53.5 Å². The number of esters is 1. The van der Waals surface area contributed by atoms with E-state index in [1.165, 1.54) is 4.90 Å². The Balaban J connectivity index is 2.24. The van der Waals surface area contributed by atoms with E-state index in [2.05, 4.69) is 5.32 Å². The van der Waals surface area contributed by atoms with Gasteiger partial charge in [-0.2, -0.15) is 0 Å². The van der Waals surface area contributed by atoms with Crippen molar-refractivity contribution in [2.75, 3.05) is 11.4 Å². The van der Waals surface area contributed by atoms with Crippen LogP contribution in [-0.4, -0.2) is 41.8 Å². The Hall–Kier alpha value is -2.57. The summed E-state index contributed by atoms with van der Waals surface area (Å²) in [6.07, 6.45) is 0.349. The Bertz CT molecular complexity index is 746. The van der Waals surface area contributed by atoms with Crippen molar-refractivity contribution in [2.45, 2.75) is 71.6 Å². The first-order valence-corrected chi connectivity index (χ1v) is 9.46. The van der Waals surface area contributed by atoms with Crippen LogP contribution in [0.4, 0.5) is 10.5 Å². The molecule has 7 heteroatoms. The number of hydrogen-bond donors (Lipinski definition) is 1. The summed E-state index contributed by atoms with van der Waals surface area (Å²) in [4.78, 5) is 39.1. The minimum Gasteiger partial charge on any atom is -0.459 e. The largest absolute Gasteiger partial charge is 0.459 e. The van der Waals surface area contributed by atoms with Crippen LogP contribution in [0.15, 0.2) is 24.3 Å². The Labute approximate surface area is 166 Å². The molecule has 2 rings (SSSR count). The highest BCUT2D eigenvalue weighted by Crippen LogP contribution is 2.27. The van der Waals surface area contributed by atoms with Gasteiger partial charge in [0.05, 0.1) is 0 Å². The first kappa shape index (κ1) is 21.7. The molecule has 1 unspecified atom stereocenters. The summed E-state index contributed by atoms with van der Waals surface area (Å²) < 4.78 is 10.7. The lowest BCUT2D eigenvalue weighted by molar-refractivity contribution is -0.153. The van der Waals surface area contributed by atoms with Crippen molar-refractivity contribution in [3.63, 3.8) is 0 Å². The van der Waals surface area contributed by atoms with Crippen LogP contribution in [0.25, 0.3) is 0 Å². The molecule has 0 spiro atoms. The van der Waals surface area contributed by atoms with Gasteiger partial charge in [0.15, 0.2) is 0 Å². The quantitative estimate of drug-likeness (QED) is 0.801. The fourth-order valence-electron chi connectivity index (χ4n) is 2.97. The third-order valence-electron chi connectivity index (χ3n) is 3.95. The topological polar surface area (TPSA) is 84.9 Å². The van der Waals surface area contributed by atoms with Gasteiger partial charge in [0, 0.05) is 5.69 Å². The van der Waals surface area contributed by atoms with Crippen molar-refractivity contribution in [3.05, 3.63) is 29.8 Å². The average Bonchev–Trinajstić information content (AvgIpc) is 2.64. The summed E-state index contributed by atoms with van der Waals surface area (Å²) in [7, 11) is 0. The molecule has 0 bridgehead atoms. The van der Waals surface area contributed by atoms with E-state index in [0.717, 1.165) is 5.56 Å². The van der Waals surface area contributed by atoms with E-state index in [1.807, 2.05) is 18.2 Å². The summed E-state index contributed by atoms with van der Waals surface area (Å²) in [5, 5.41) is 2.65. The van der Waals surface area contributed by atoms with Crippen LogP contribution in [0.2, 0.25) is 0 Å². The summed E-state index contributed by atoms with van der Waals surface area (Å²) in [5.74, 6) is -0.866. The van der Waals surface area contributed by atoms with Crippen molar-refractivity contribution in [2.24, 2.45) is 0 Å². The van der Waals surface area contributed by atoms with E-state index in [1.54, 1.807) is 47.6 Å². The molecule has 28 heavy (non-hydrogen) atoms. The third kappa shape index (κ3) is 6.25. The lowest BCUT2D eigenvalue weighted by Gasteiger charge is -2.28. The number of carbonyl (C=O) groups excluding carboxylic acids is 3. The van der Waals surface area contributed by atoms with Gasteiger partial charge in [0.1, 0.15) is 23.8 Å². The van der Waals surface area contributed by atoms with Gasteiger partial charge in [-0.3, -0.25) is 14.5 Å². The first-order chi connectivity index (χ1) is 12.9. The lowest BCUT2D eigenvalue weighted by atomic mass is 10.1. The molecule has 0 aromatic heterocycles. The van der Waals surface area contributed by atoms with E-state index in [0.29, 0.717) is 18.5 Å². The molecule has 1 N–H and O–H groups in total.